The second-order valence-electron chi connectivity index (χ2n) is 5.38. The van der Waals surface area contributed by atoms with Gasteiger partial charge in [0.2, 0.25) is 0 Å². The molecule has 2 aromatic carbocycles. The van der Waals surface area contributed by atoms with Crippen molar-refractivity contribution < 1.29 is 5.11 Å². The van der Waals surface area contributed by atoms with E-state index in [-0.39, 0.29) is 6.10 Å². The summed E-state index contributed by atoms with van der Waals surface area (Å²) in [6.45, 7) is 4.39. The van der Waals surface area contributed by atoms with Crippen LogP contribution in [0.25, 0.3) is 0 Å². The molecule has 0 fully saturated rings. The van der Waals surface area contributed by atoms with Crippen LogP contribution in [0.3, 0.4) is 0 Å². The van der Waals surface area contributed by atoms with Gasteiger partial charge in [0.25, 0.3) is 0 Å². The first-order valence-corrected chi connectivity index (χ1v) is 8.08. The third kappa shape index (κ3) is 4.69. The lowest BCUT2D eigenvalue weighted by molar-refractivity contribution is 0.200. The van der Waals surface area contributed by atoms with E-state index in [1.807, 2.05) is 18.2 Å². The summed E-state index contributed by atoms with van der Waals surface area (Å²) in [5, 5.41) is 10.1. The fourth-order valence-corrected chi connectivity index (χ4v) is 2.93. The van der Waals surface area contributed by atoms with E-state index in [1.54, 1.807) is 11.8 Å². The highest BCUT2D eigenvalue weighted by atomic mass is 32.2. The Balaban J connectivity index is 1.83. The van der Waals surface area contributed by atoms with E-state index in [4.69, 9.17) is 0 Å². The highest BCUT2D eigenvalue weighted by molar-refractivity contribution is 7.99. The molecule has 2 aromatic rings. The predicted octanol–water partition coefficient (Wildman–Crippen LogP) is 4.51. The molecule has 2 rings (SSSR count). The van der Waals surface area contributed by atoms with Gasteiger partial charge in [-0.2, -0.15) is 0 Å². The maximum Gasteiger partial charge on any atom is 0.0674 e. The molecule has 20 heavy (non-hydrogen) atoms. The summed E-state index contributed by atoms with van der Waals surface area (Å²) < 4.78 is 0. The van der Waals surface area contributed by atoms with Gasteiger partial charge in [-0.1, -0.05) is 56.3 Å². The number of hydrogen-bond acceptors (Lipinski definition) is 2. The molecule has 0 saturated heterocycles. The molecule has 0 aliphatic heterocycles. The average molecular weight is 286 g/mol. The number of aliphatic hydroxyl groups is 1. The fraction of sp³-hybridized carbons (Fsp3) is 0.333. The predicted molar refractivity (Wildman–Crippen MR) is 87.4 cm³/mol. The lowest BCUT2D eigenvalue weighted by atomic mass is 10.00. The Labute approximate surface area is 126 Å². The van der Waals surface area contributed by atoms with Gasteiger partial charge in [0.15, 0.2) is 0 Å². The average Bonchev–Trinajstić information content (AvgIpc) is 2.47. The van der Waals surface area contributed by atoms with Crippen molar-refractivity contribution in [2.75, 3.05) is 5.75 Å². The summed E-state index contributed by atoms with van der Waals surface area (Å²) in [6, 6.07) is 18.8. The highest BCUT2D eigenvalue weighted by Crippen LogP contribution is 2.20. The molecule has 1 unspecified atom stereocenters. The van der Waals surface area contributed by atoms with E-state index in [0.29, 0.717) is 5.92 Å². The zero-order valence-electron chi connectivity index (χ0n) is 12.1. The number of rotatable bonds is 6. The Bertz CT molecular complexity index is 505. The SMILES string of the molecule is CC(C)c1ccc(CC(O)CSc2ccccc2)cc1. The van der Waals surface area contributed by atoms with Crippen LogP contribution in [-0.4, -0.2) is 17.0 Å². The van der Waals surface area contributed by atoms with Gasteiger partial charge in [0, 0.05) is 10.6 Å². The number of hydrogen-bond donors (Lipinski definition) is 1. The fourth-order valence-electron chi connectivity index (χ4n) is 2.08. The molecular formula is C18H22OS. The van der Waals surface area contributed by atoms with Crippen molar-refractivity contribution in [3.05, 3.63) is 65.7 Å². The van der Waals surface area contributed by atoms with Crippen molar-refractivity contribution in [1.29, 1.82) is 0 Å². The molecule has 0 aromatic heterocycles. The van der Waals surface area contributed by atoms with Gasteiger partial charge in [-0.15, -0.1) is 11.8 Å². The Morgan fingerprint density at radius 2 is 1.60 bits per heavy atom. The van der Waals surface area contributed by atoms with Gasteiger partial charge in [0.1, 0.15) is 0 Å². The minimum atomic E-state index is -0.301. The smallest absolute Gasteiger partial charge is 0.0674 e. The number of thioether (sulfide) groups is 1. The first-order chi connectivity index (χ1) is 9.65. The maximum atomic E-state index is 10.1. The van der Waals surface area contributed by atoms with Crippen LogP contribution in [0.5, 0.6) is 0 Å². The zero-order valence-corrected chi connectivity index (χ0v) is 12.9. The lowest BCUT2D eigenvalue weighted by Crippen LogP contribution is -2.13. The van der Waals surface area contributed by atoms with Crippen molar-refractivity contribution in [2.45, 2.75) is 37.2 Å². The zero-order chi connectivity index (χ0) is 14.4. The molecule has 0 aliphatic carbocycles. The normalized spacial score (nSPS) is 12.6. The van der Waals surface area contributed by atoms with Crippen molar-refractivity contribution in [3.8, 4) is 0 Å². The molecule has 0 bridgehead atoms. The van der Waals surface area contributed by atoms with Gasteiger partial charge in [-0.25, -0.2) is 0 Å². The maximum absolute atomic E-state index is 10.1. The standard InChI is InChI=1S/C18H22OS/c1-14(2)16-10-8-15(9-11-16)12-17(19)13-20-18-6-4-3-5-7-18/h3-11,14,17,19H,12-13H2,1-2H3. The molecule has 1 atom stereocenters. The molecule has 0 spiro atoms. The third-order valence-electron chi connectivity index (χ3n) is 3.30. The molecule has 2 heteroatoms. The van der Waals surface area contributed by atoms with Crippen LogP contribution in [0.15, 0.2) is 59.5 Å². The van der Waals surface area contributed by atoms with Gasteiger partial charge in [0.05, 0.1) is 6.10 Å². The van der Waals surface area contributed by atoms with Gasteiger partial charge >= 0.3 is 0 Å². The minimum absolute atomic E-state index is 0.301. The first-order valence-electron chi connectivity index (χ1n) is 7.10. The summed E-state index contributed by atoms with van der Waals surface area (Å²) in [5.74, 6) is 1.29. The van der Waals surface area contributed by atoms with Crippen molar-refractivity contribution in [2.24, 2.45) is 0 Å². The van der Waals surface area contributed by atoms with Crippen LogP contribution in [0.2, 0.25) is 0 Å². The van der Waals surface area contributed by atoms with Crippen LogP contribution in [0.1, 0.15) is 30.9 Å². The molecular weight excluding hydrogens is 264 g/mol. The van der Waals surface area contributed by atoms with Crippen LogP contribution < -0.4 is 0 Å². The van der Waals surface area contributed by atoms with Gasteiger partial charge in [-0.05, 0) is 35.6 Å². The lowest BCUT2D eigenvalue weighted by Gasteiger charge is -2.11. The molecule has 0 amide bonds. The second kappa shape index (κ2) is 7.51. The monoisotopic (exact) mass is 286 g/mol. The quantitative estimate of drug-likeness (QED) is 0.789. The van der Waals surface area contributed by atoms with Crippen molar-refractivity contribution >= 4 is 11.8 Å². The summed E-state index contributed by atoms with van der Waals surface area (Å²) in [5.41, 5.74) is 2.55. The van der Waals surface area contributed by atoms with Crippen LogP contribution >= 0.6 is 11.8 Å². The van der Waals surface area contributed by atoms with Crippen molar-refractivity contribution in [1.82, 2.24) is 0 Å². The van der Waals surface area contributed by atoms with Crippen LogP contribution in [0, 0.1) is 0 Å². The molecule has 0 heterocycles. The Morgan fingerprint density at radius 3 is 2.20 bits per heavy atom. The van der Waals surface area contributed by atoms with Gasteiger partial charge < -0.3 is 5.11 Å². The van der Waals surface area contributed by atoms with E-state index in [9.17, 15) is 5.11 Å². The minimum Gasteiger partial charge on any atom is -0.392 e. The Hall–Kier alpha value is -1.25. The van der Waals surface area contributed by atoms with E-state index in [0.717, 1.165) is 12.2 Å². The molecule has 0 radical (unpaired) electrons. The number of benzene rings is 2. The van der Waals surface area contributed by atoms with Crippen LogP contribution in [-0.2, 0) is 6.42 Å². The highest BCUT2D eigenvalue weighted by Gasteiger charge is 2.07. The Kier molecular flexibility index (Phi) is 5.69. The summed E-state index contributed by atoms with van der Waals surface area (Å²) >= 11 is 1.71. The summed E-state index contributed by atoms with van der Waals surface area (Å²) in [4.78, 5) is 1.21. The summed E-state index contributed by atoms with van der Waals surface area (Å²) in [7, 11) is 0. The molecule has 0 aliphatic rings. The molecule has 1 N–H and O–H groups in total. The van der Waals surface area contributed by atoms with Crippen molar-refractivity contribution in [3.63, 3.8) is 0 Å². The second-order valence-corrected chi connectivity index (χ2v) is 6.47. The Morgan fingerprint density at radius 1 is 0.950 bits per heavy atom. The van der Waals surface area contributed by atoms with E-state index < -0.39 is 0 Å². The van der Waals surface area contributed by atoms with E-state index in [1.165, 1.54) is 16.0 Å². The van der Waals surface area contributed by atoms with E-state index in [2.05, 4.69) is 50.2 Å². The third-order valence-corrected chi connectivity index (χ3v) is 4.46. The van der Waals surface area contributed by atoms with Crippen LogP contribution in [0.4, 0.5) is 0 Å². The number of aliphatic hydroxyl groups excluding tert-OH is 1. The first kappa shape index (κ1) is 15.1. The van der Waals surface area contributed by atoms with E-state index >= 15 is 0 Å². The molecule has 1 nitrogen and oxygen atoms in total. The van der Waals surface area contributed by atoms with Gasteiger partial charge in [-0.3, -0.25) is 0 Å². The topological polar surface area (TPSA) is 20.2 Å². The molecule has 0 saturated carbocycles. The molecule has 106 valence electrons. The largest absolute Gasteiger partial charge is 0.392 e. The summed E-state index contributed by atoms with van der Waals surface area (Å²) in [6.07, 6.45) is 0.420.